The number of halogens is 1. The maximum Gasteiger partial charge on any atom is 0.338 e. The number of hydrogen-bond donors (Lipinski definition) is 0. The van der Waals surface area contributed by atoms with Crippen molar-refractivity contribution in [1.82, 2.24) is 4.31 Å². The van der Waals surface area contributed by atoms with Crippen LogP contribution in [0.4, 0.5) is 14.9 Å². The highest BCUT2D eigenvalue weighted by atomic mass is 32.2. The number of nitrogens with zero attached hydrogens (tertiary/aromatic N) is 2. The molecule has 1 aliphatic rings. The number of anilines is 1. The van der Waals surface area contributed by atoms with Crippen LogP contribution in [-0.2, 0) is 10.0 Å². The molecule has 2 aromatic carbocycles. The van der Waals surface area contributed by atoms with Gasteiger partial charge in [-0.05, 0) is 24.3 Å². The molecule has 0 spiro atoms. The summed E-state index contributed by atoms with van der Waals surface area (Å²) < 4.78 is 39.4. The van der Waals surface area contributed by atoms with Crippen molar-refractivity contribution >= 4 is 21.7 Å². The molecule has 1 saturated heterocycles. The molecule has 0 aromatic heterocycles. The smallest absolute Gasteiger partial charge is 0.292 e. The van der Waals surface area contributed by atoms with Crippen molar-refractivity contribution in [3.05, 3.63) is 60.4 Å². The predicted octanol–water partition coefficient (Wildman–Crippen LogP) is 2.46. The second-order valence-electron chi connectivity index (χ2n) is 4.78. The van der Waals surface area contributed by atoms with Gasteiger partial charge in [-0.3, -0.25) is 4.90 Å². The van der Waals surface area contributed by atoms with Crippen molar-refractivity contribution < 1.29 is 17.6 Å². The quantitative estimate of drug-likeness (QED) is 0.873. The maximum atomic E-state index is 13.8. The highest BCUT2D eigenvalue weighted by Gasteiger charge is 2.39. The van der Waals surface area contributed by atoms with Gasteiger partial charge in [-0.15, -0.1) is 0 Å². The summed E-state index contributed by atoms with van der Waals surface area (Å²) in [6.45, 7) is 0.223. The van der Waals surface area contributed by atoms with E-state index in [0.29, 0.717) is 9.99 Å². The van der Waals surface area contributed by atoms with E-state index in [4.69, 9.17) is 0 Å². The monoisotopic (exact) mass is 320 g/mol. The van der Waals surface area contributed by atoms with Crippen LogP contribution in [0.1, 0.15) is 0 Å². The molecule has 0 radical (unpaired) electrons. The second-order valence-corrected chi connectivity index (χ2v) is 6.61. The molecule has 0 atom stereocenters. The van der Waals surface area contributed by atoms with Gasteiger partial charge < -0.3 is 0 Å². The van der Waals surface area contributed by atoms with E-state index in [2.05, 4.69) is 0 Å². The standard InChI is InChI=1S/C15H13FN2O3S/c16-13-8-4-5-9-14(13)22(20,21)18-11-10-17(15(18)19)12-6-2-1-3-7-12/h1-9H,10-11H2. The van der Waals surface area contributed by atoms with Crippen LogP contribution < -0.4 is 4.90 Å². The molecule has 2 amide bonds. The van der Waals surface area contributed by atoms with Gasteiger partial charge in [-0.25, -0.2) is 21.9 Å². The molecule has 2 aromatic rings. The summed E-state index contributed by atoms with van der Waals surface area (Å²) in [5.74, 6) is -0.867. The normalized spacial score (nSPS) is 15.4. The SMILES string of the molecule is O=C1N(c2ccccc2)CCN1S(=O)(=O)c1ccccc1F. The van der Waals surface area contributed by atoms with Gasteiger partial charge in [0.25, 0.3) is 10.0 Å². The van der Waals surface area contributed by atoms with E-state index in [0.717, 1.165) is 12.1 Å². The largest absolute Gasteiger partial charge is 0.338 e. The molecule has 22 heavy (non-hydrogen) atoms. The van der Waals surface area contributed by atoms with Gasteiger partial charge in [-0.2, -0.15) is 0 Å². The molecule has 114 valence electrons. The minimum Gasteiger partial charge on any atom is -0.292 e. The van der Waals surface area contributed by atoms with E-state index in [1.807, 2.05) is 0 Å². The number of para-hydroxylation sites is 1. The number of carbonyl (C=O) groups excluding carboxylic acids is 1. The number of hydrogen-bond acceptors (Lipinski definition) is 3. The van der Waals surface area contributed by atoms with Crippen LogP contribution in [0.15, 0.2) is 59.5 Å². The molecular formula is C15H13FN2O3S. The van der Waals surface area contributed by atoms with E-state index < -0.39 is 26.8 Å². The summed E-state index contributed by atoms with van der Waals surface area (Å²) in [7, 11) is -4.19. The number of benzene rings is 2. The van der Waals surface area contributed by atoms with Crippen molar-refractivity contribution in [3.63, 3.8) is 0 Å². The number of carbonyl (C=O) groups is 1. The Morgan fingerprint density at radius 2 is 1.55 bits per heavy atom. The first-order valence-corrected chi connectivity index (χ1v) is 8.09. The van der Waals surface area contributed by atoms with E-state index in [1.165, 1.54) is 17.0 Å². The van der Waals surface area contributed by atoms with E-state index >= 15 is 0 Å². The third-order valence-electron chi connectivity index (χ3n) is 3.44. The van der Waals surface area contributed by atoms with Crippen LogP contribution in [-0.4, -0.2) is 31.8 Å². The number of sulfonamides is 1. The summed E-state index contributed by atoms with van der Waals surface area (Å²) in [5.41, 5.74) is 0.610. The zero-order valence-corrected chi connectivity index (χ0v) is 12.3. The van der Waals surface area contributed by atoms with E-state index in [1.54, 1.807) is 30.3 Å². The Morgan fingerprint density at radius 1 is 0.909 bits per heavy atom. The third-order valence-corrected chi connectivity index (χ3v) is 5.25. The lowest BCUT2D eigenvalue weighted by molar-refractivity contribution is 0.239. The Hall–Kier alpha value is -2.41. The average molecular weight is 320 g/mol. The van der Waals surface area contributed by atoms with Gasteiger partial charge in [0.1, 0.15) is 10.7 Å². The van der Waals surface area contributed by atoms with Gasteiger partial charge >= 0.3 is 6.03 Å². The molecule has 0 bridgehead atoms. The fraction of sp³-hybridized carbons (Fsp3) is 0.133. The first-order chi connectivity index (χ1) is 10.5. The predicted molar refractivity (Wildman–Crippen MR) is 79.5 cm³/mol. The van der Waals surface area contributed by atoms with Crippen molar-refractivity contribution in [2.75, 3.05) is 18.0 Å². The summed E-state index contributed by atoms with van der Waals surface area (Å²) in [6.07, 6.45) is 0. The molecule has 0 aliphatic carbocycles. The Bertz CT molecular complexity index is 809. The van der Waals surface area contributed by atoms with Crippen molar-refractivity contribution in [3.8, 4) is 0 Å². The van der Waals surface area contributed by atoms with Crippen molar-refractivity contribution in [2.24, 2.45) is 0 Å². The van der Waals surface area contributed by atoms with Gasteiger partial charge in [0, 0.05) is 12.2 Å². The van der Waals surface area contributed by atoms with Gasteiger partial charge in [-0.1, -0.05) is 30.3 Å². The van der Waals surface area contributed by atoms with Crippen LogP contribution in [0.3, 0.4) is 0 Å². The molecule has 0 unspecified atom stereocenters. The van der Waals surface area contributed by atoms with Crippen LogP contribution in [0.25, 0.3) is 0 Å². The van der Waals surface area contributed by atoms with Gasteiger partial charge in [0.15, 0.2) is 0 Å². The molecule has 7 heteroatoms. The average Bonchev–Trinajstić information content (AvgIpc) is 2.91. The molecule has 0 saturated carbocycles. The maximum absolute atomic E-state index is 13.8. The number of amides is 2. The lowest BCUT2D eigenvalue weighted by Gasteiger charge is -2.19. The summed E-state index contributed by atoms with van der Waals surface area (Å²) in [5, 5.41) is 0. The molecule has 5 nitrogen and oxygen atoms in total. The molecule has 3 rings (SSSR count). The Morgan fingerprint density at radius 3 is 2.23 bits per heavy atom. The molecular weight excluding hydrogens is 307 g/mol. The molecule has 1 fully saturated rings. The Balaban J connectivity index is 1.94. The minimum atomic E-state index is -4.19. The first kappa shape index (κ1) is 14.5. The first-order valence-electron chi connectivity index (χ1n) is 6.65. The van der Waals surface area contributed by atoms with E-state index in [-0.39, 0.29) is 13.1 Å². The van der Waals surface area contributed by atoms with E-state index in [9.17, 15) is 17.6 Å². The fourth-order valence-electron chi connectivity index (χ4n) is 2.36. The van der Waals surface area contributed by atoms with Gasteiger partial charge in [0.2, 0.25) is 0 Å². The zero-order valence-electron chi connectivity index (χ0n) is 11.5. The zero-order chi connectivity index (χ0) is 15.7. The topological polar surface area (TPSA) is 57.7 Å². The Labute approximate surface area is 127 Å². The van der Waals surface area contributed by atoms with Crippen LogP contribution in [0.2, 0.25) is 0 Å². The number of rotatable bonds is 3. The summed E-state index contributed by atoms with van der Waals surface area (Å²) >= 11 is 0. The minimum absolute atomic E-state index is 0.00953. The van der Waals surface area contributed by atoms with Crippen LogP contribution in [0, 0.1) is 5.82 Å². The summed E-state index contributed by atoms with van der Waals surface area (Å²) in [4.78, 5) is 13.3. The van der Waals surface area contributed by atoms with Crippen molar-refractivity contribution in [2.45, 2.75) is 4.90 Å². The van der Waals surface area contributed by atoms with Crippen LogP contribution in [0.5, 0.6) is 0 Å². The highest BCUT2D eigenvalue weighted by molar-refractivity contribution is 7.89. The second kappa shape index (κ2) is 5.42. The lowest BCUT2D eigenvalue weighted by atomic mass is 10.3. The van der Waals surface area contributed by atoms with Crippen molar-refractivity contribution in [1.29, 1.82) is 0 Å². The van der Waals surface area contributed by atoms with Crippen LogP contribution >= 0.6 is 0 Å². The molecule has 1 heterocycles. The molecule has 1 aliphatic heterocycles. The third kappa shape index (κ3) is 2.33. The highest BCUT2D eigenvalue weighted by Crippen LogP contribution is 2.26. The summed E-state index contributed by atoms with van der Waals surface area (Å²) in [6, 6.07) is 13.1. The fourth-order valence-corrected chi connectivity index (χ4v) is 3.79. The molecule has 0 N–H and O–H groups in total. The lowest BCUT2D eigenvalue weighted by Crippen LogP contribution is -2.36. The Kier molecular flexibility index (Phi) is 3.58. The van der Waals surface area contributed by atoms with Gasteiger partial charge in [0.05, 0.1) is 6.54 Å². The number of urea groups is 1.